The molecular weight excluding hydrogens is 432 g/mol. The van der Waals surface area contributed by atoms with Crippen LogP contribution in [0.4, 0.5) is 0 Å². The molecule has 4 rings (SSSR count). The Hall–Kier alpha value is -3.58. The van der Waals surface area contributed by atoms with Gasteiger partial charge in [-0.05, 0) is 50.1 Å². The SMILES string of the molecule is CCCOc1ccc(/C(O)=C2\C(=O)C(=O)N(CCOC)C2c2c(C)[nH]c3ccccc23)cc1C. The molecule has 1 aliphatic rings. The molecule has 1 atom stereocenters. The van der Waals surface area contributed by atoms with Crippen molar-refractivity contribution in [1.82, 2.24) is 9.88 Å². The maximum atomic E-state index is 13.3. The first-order chi connectivity index (χ1) is 16.4. The smallest absolute Gasteiger partial charge is 0.295 e. The zero-order valence-corrected chi connectivity index (χ0v) is 20.0. The molecule has 7 nitrogen and oxygen atoms in total. The highest BCUT2D eigenvalue weighted by molar-refractivity contribution is 6.46. The van der Waals surface area contributed by atoms with E-state index < -0.39 is 17.7 Å². The monoisotopic (exact) mass is 462 g/mol. The van der Waals surface area contributed by atoms with Crippen LogP contribution in [0.5, 0.6) is 5.75 Å². The Balaban J connectivity index is 1.89. The van der Waals surface area contributed by atoms with E-state index in [4.69, 9.17) is 9.47 Å². The van der Waals surface area contributed by atoms with E-state index >= 15 is 0 Å². The average Bonchev–Trinajstić information content (AvgIpc) is 3.28. The van der Waals surface area contributed by atoms with Crippen LogP contribution < -0.4 is 4.74 Å². The van der Waals surface area contributed by atoms with Crippen LogP contribution in [-0.2, 0) is 14.3 Å². The summed E-state index contributed by atoms with van der Waals surface area (Å²) in [5.74, 6) is -0.818. The highest BCUT2D eigenvalue weighted by Gasteiger charge is 2.47. The Kier molecular flexibility index (Phi) is 6.75. The lowest BCUT2D eigenvalue weighted by Crippen LogP contribution is -2.32. The predicted octanol–water partition coefficient (Wildman–Crippen LogP) is 4.64. The summed E-state index contributed by atoms with van der Waals surface area (Å²) in [6, 6.07) is 12.3. The number of rotatable bonds is 8. The Morgan fingerprint density at radius 3 is 2.59 bits per heavy atom. The van der Waals surface area contributed by atoms with Crippen LogP contribution in [0.1, 0.15) is 41.8 Å². The number of aryl methyl sites for hydroxylation is 2. The van der Waals surface area contributed by atoms with Crippen LogP contribution in [0.25, 0.3) is 16.7 Å². The number of aliphatic hydroxyl groups is 1. The fourth-order valence-corrected chi connectivity index (χ4v) is 4.58. The fraction of sp³-hybridized carbons (Fsp3) is 0.333. The maximum Gasteiger partial charge on any atom is 0.295 e. The first kappa shape index (κ1) is 23.6. The summed E-state index contributed by atoms with van der Waals surface area (Å²) in [5.41, 5.74) is 3.92. The number of aliphatic hydroxyl groups excluding tert-OH is 1. The lowest BCUT2D eigenvalue weighted by Gasteiger charge is -2.25. The van der Waals surface area contributed by atoms with E-state index in [0.29, 0.717) is 12.2 Å². The van der Waals surface area contributed by atoms with Crippen molar-refractivity contribution in [2.75, 3.05) is 26.9 Å². The minimum absolute atomic E-state index is 0.0792. The molecule has 2 heterocycles. The molecule has 2 N–H and O–H groups in total. The molecule has 1 fully saturated rings. The summed E-state index contributed by atoms with van der Waals surface area (Å²) in [5, 5.41) is 12.3. The Morgan fingerprint density at radius 2 is 1.88 bits per heavy atom. The van der Waals surface area contributed by atoms with Crippen molar-refractivity contribution in [2.24, 2.45) is 0 Å². The number of nitrogens with zero attached hydrogens (tertiary/aromatic N) is 1. The molecule has 0 bridgehead atoms. The second-order valence-corrected chi connectivity index (χ2v) is 8.52. The molecule has 1 amide bonds. The van der Waals surface area contributed by atoms with Crippen LogP contribution in [0.3, 0.4) is 0 Å². The van der Waals surface area contributed by atoms with Crippen molar-refractivity contribution in [2.45, 2.75) is 33.2 Å². The number of benzene rings is 2. The molecule has 178 valence electrons. The van der Waals surface area contributed by atoms with Crippen molar-refractivity contribution in [1.29, 1.82) is 0 Å². The molecule has 1 aliphatic heterocycles. The van der Waals surface area contributed by atoms with Crippen molar-refractivity contribution >= 4 is 28.4 Å². The van der Waals surface area contributed by atoms with Crippen molar-refractivity contribution < 1.29 is 24.2 Å². The van der Waals surface area contributed by atoms with Crippen molar-refractivity contribution in [3.05, 3.63) is 70.4 Å². The second kappa shape index (κ2) is 9.73. The number of aromatic amines is 1. The molecule has 0 aliphatic carbocycles. The molecule has 2 aromatic carbocycles. The summed E-state index contributed by atoms with van der Waals surface area (Å²) >= 11 is 0. The number of para-hydroxylation sites is 1. The van der Waals surface area contributed by atoms with Crippen LogP contribution >= 0.6 is 0 Å². The van der Waals surface area contributed by atoms with Gasteiger partial charge in [0.15, 0.2) is 0 Å². The highest BCUT2D eigenvalue weighted by Crippen LogP contribution is 2.43. The molecule has 0 spiro atoms. The van der Waals surface area contributed by atoms with Gasteiger partial charge in [0.2, 0.25) is 0 Å². The van der Waals surface area contributed by atoms with Gasteiger partial charge in [-0.25, -0.2) is 0 Å². The number of carbonyl (C=O) groups is 2. The number of hydrogen-bond donors (Lipinski definition) is 2. The standard InChI is InChI=1S/C27H30N2O5/c1-5-13-34-21-11-10-18(15-16(21)2)25(30)23-24(29(12-14-33-4)27(32)26(23)31)22-17(3)28-20-9-7-6-8-19(20)22/h6-11,15,24,28,30H,5,12-14H2,1-4H3/b25-23+. The molecule has 0 saturated carbocycles. The van der Waals surface area contributed by atoms with E-state index in [1.807, 2.05) is 45.0 Å². The van der Waals surface area contributed by atoms with E-state index in [0.717, 1.165) is 39.9 Å². The third kappa shape index (κ3) is 4.07. The molecule has 1 saturated heterocycles. The molecule has 1 aromatic heterocycles. The normalized spacial score (nSPS) is 17.6. The van der Waals surface area contributed by atoms with Crippen LogP contribution in [0.2, 0.25) is 0 Å². The van der Waals surface area contributed by atoms with Gasteiger partial charge in [-0.15, -0.1) is 0 Å². The Bertz CT molecular complexity index is 1270. The number of carbonyl (C=O) groups excluding carboxylic acids is 2. The number of hydrogen-bond acceptors (Lipinski definition) is 5. The minimum Gasteiger partial charge on any atom is -0.507 e. The summed E-state index contributed by atoms with van der Waals surface area (Å²) in [7, 11) is 1.55. The zero-order valence-electron chi connectivity index (χ0n) is 20.0. The van der Waals surface area contributed by atoms with Gasteiger partial charge in [-0.3, -0.25) is 9.59 Å². The number of nitrogens with one attached hydrogen (secondary N) is 1. The van der Waals surface area contributed by atoms with Crippen molar-refractivity contribution in [3.8, 4) is 5.75 Å². The number of Topliss-reactive ketones (excluding diaryl/α,β-unsaturated/α-hetero) is 1. The number of methoxy groups -OCH3 is 1. The van der Waals surface area contributed by atoms with E-state index in [1.54, 1.807) is 25.3 Å². The third-order valence-electron chi connectivity index (χ3n) is 6.20. The van der Waals surface area contributed by atoms with Gasteiger partial charge in [0, 0.05) is 41.4 Å². The van der Waals surface area contributed by atoms with Crippen LogP contribution in [0.15, 0.2) is 48.0 Å². The zero-order chi connectivity index (χ0) is 24.4. The quantitative estimate of drug-likeness (QED) is 0.289. The first-order valence-corrected chi connectivity index (χ1v) is 11.5. The lowest BCUT2D eigenvalue weighted by molar-refractivity contribution is -0.140. The summed E-state index contributed by atoms with van der Waals surface area (Å²) in [6.45, 7) is 6.93. The number of ether oxygens (including phenoxy) is 2. The molecule has 7 heteroatoms. The fourth-order valence-electron chi connectivity index (χ4n) is 4.58. The Labute approximate surface area is 199 Å². The second-order valence-electron chi connectivity index (χ2n) is 8.52. The largest absolute Gasteiger partial charge is 0.507 e. The van der Waals surface area contributed by atoms with Gasteiger partial charge in [0.05, 0.1) is 24.8 Å². The van der Waals surface area contributed by atoms with Crippen molar-refractivity contribution in [3.63, 3.8) is 0 Å². The number of ketones is 1. The number of H-pyrrole nitrogens is 1. The first-order valence-electron chi connectivity index (χ1n) is 11.5. The van der Waals surface area contributed by atoms with E-state index in [2.05, 4.69) is 4.98 Å². The van der Waals surface area contributed by atoms with Crippen LogP contribution in [0, 0.1) is 13.8 Å². The Morgan fingerprint density at radius 1 is 1.12 bits per heavy atom. The van der Waals surface area contributed by atoms with Gasteiger partial charge < -0.3 is 24.5 Å². The van der Waals surface area contributed by atoms with Gasteiger partial charge in [0.25, 0.3) is 11.7 Å². The molecule has 0 radical (unpaired) electrons. The van der Waals surface area contributed by atoms with Crippen LogP contribution in [-0.4, -0.2) is 53.5 Å². The molecular formula is C27H30N2O5. The highest BCUT2D eigenvalue weighted by atomic mass is 16.5. The van der Waals surface area contributed by atoms with Gasteiger partial charge in [-0.2, -0.15) is 0 Å². The van der Waals surface area contributed by atoms with Gasteiger partial charge >= 0.3 is 0 Å². The van der Waals surface area contributed by atoms with E-state index in [9.17, 15) is 14.7 Å². The van der Waals surface area contributed by atoms with Gasteiger partial charge in [0.1, 0.15) is 11.5 Å². The minimum atomic E-state index is -0.734. The third-order valence-corrected chi connectivity index (χ3v) is 6.20. The number of aromatic nitrogens is 1. The average molecular weight is 463 g/mol. The lowest BCUT2D eigenvalue weighted by atomic mass is 9.93. The number of likely N-dealkylation sites (tertiary alicyclic amines) is 1. The summed E-state index contributed by atoms with van der Waals surface area (Å²) in [6.07, 6.45) is 0.885. The number of amides is 1. The summed E-state index contributed by atoms with van der Waals surface area (Å²) in [4.78, 5) is 31.2. The summed E-state index contributed by atoms with van der Waals surface area (Å²) < 4.78 is 11.0. The number of fused-ring (bicyclic) bond motifs is 1. The molecule has 1 unspecified atom stereocenters. The van der Waals surface area contributed by atoms with E-state index in [-0.39, 0.29) is 24.5 Å². The maximum absolute atomic E-state index is 13.3. The molecule has 34 heavy (non-hydrogen) atoms. The van der Waals surface area contributed by atoms with Gasteiger partial charge in [-0.1, -0.05) is 25.1 Å². The molecule has 3 aromatic rings. The topological polar surface area (TPSA) is 91.9 Å². The van der Waals surface area contributed by atoms with E-state index in [1.165, 1.54) is 4.90 Å². The predicted molar refractivity (Wildman–Crippen MR) is 131 cm³/mol.